The molecule has 4 heteroatoms. The molecule has 4 aromatic rings. The van der Waals surface area contributed by atoms with E-state index in [1.54, 1.807) is 23.3 Å². The fraction of sp³-hybridized carbons (Fsp3) is 0.111. The van der Waals surface area contributed by atoms with Gasteiger partial charge in [-0.3, -0.25) is 0 Å². The van der Waals surface area contributed by atoms with Crippen LogP contribution in [0.25, 0.3) is 11.1 Å². The Morgan fingerprint density at radius 3 is 1.07 bits per heavy atom. The summed E-state index contributed by atoms with van der Waals surface area (Å²) < 4.78 is 0. The summed E-state index contributed by atoms with van der Waals surface area (Å²) >= 11 is 1.74. The summed E-state index contributed by atoms with van der Waals surface area (Å²) in [5.41, 5.74) is 7.68. The summed E-state index contributed by atoms with van der Waals surface area (Å²) in [6.45, 7) is 4.62. The van der Waals surface area contributed by atoms with E-state index in [4.69, 9.17) is 0 Å². The van der Waals surface area contributed by atoms with Crippen molar-refractivity contribution >= 4 is 41.4 Å². The maximum absolute atomic E-state index is 3.53. The predicted octanol–water partition coefficient (Wildman–Crippen LogP) is 10.1. The topological polar surface area (TPSA) is 0 Å². The molecule has 40 heavy (non-hydrogen) atoms. The third-order valence-corrected chi connectivity index (χ3v) is 6.02. The van der Waals surface area contributed by atoms with Crippen LogP contribution in [0.2, 0.25) is 13.1 Å². The van der Waals surface area contributed by atoms with Crippen LogP contribution < -0.4 is 0 Å². The van der Waals surface area contributed by atoms with Crippen LogP contribution in [0.1, 0.15) is 34.1 Å². The van der Waals surface area contributed by atoms with E-state index in [9.17, 15) is 0 Å². The van der Waals surface area contributed by atoms with Gasteiger partial charge in [0.15, 0.2) is 0 Å². The van der Waals surface area contributed by atoms with E-state index in [2.05, 4.69) is 147 Å². The van der Waals surface area contributed by atoms with E-state index in [1.807, 2.05) is 24.3 Å². The molecule has 0 bridgehead atoms. The molecule has 2 aliphatic rings. The van der Waals surface area contributed by atoms with E-state index in [0.717, 1.165) is 0 Å². The van der Waals surface area contributed by atoms with Crippen LogP contribution in [0.5, 0.6) is 0 Å². The zero-order valence-corrected chi connectivity index (χ0v) is 27.9. The minimum atomic E-state index is 0. The third kappa shape index (κ3) is 10.5. The van der Waals surface area contributed by atoms with E-state index in [0.29, 0.717) is 11.8 Å². The van der Waals surface area contributed by atoms with Crippen molar-refractivity contribution in [2.45, 2.75) is 24.9 Å². The van der Waals surface area contributed by atoms with Gasteiger partial charge in [-0.2, -0.15) is 35.5 Å². The first-order valence-electron chi connectivity index (χ1n) is 13.0. The van der Waals surface area contributed by atoms with Crippen molar-refractivity contribution in [3.05, 3.63) is 180 Å². The smallest absolute Gasteiger partial charge is 0.0392 e. The van der Waals surface area contributed by atoms with Gasteiger partial charge >= 0.3 is 41.9 Å². The van der Waals surface area contributed by atoms with Crippen molar-refractivity contribution in [1.82, 2.24) is 0 Å². The predicted molar refractivity (Wildman–Crippen MR) is 175 cm³/mol. The van der Waals surface area contributed by atoms with Gasteiger partial charge in [-0.15, -0.1) is 72.4 Å². The normalized spacial score (nSPS) is 16.1. The van der Waals surface area contributed by atoms with E-state index in [-0.39, 0.29) is 30.2 Å². The number of hydrogen-bond donors (Lipinski definition) is 0. The number of rotatable bonds is 4. The van der Waals surface area contributed by atoms with E-state index >= 15 is 0 Å². The van der Waals surface area contributed by atoms with Crippen molar-refractivity contribution in [2.75, 3.05) is 0 Å². The van der Waals surface area contributed by atoms with Crippen LogP contribution in [0.3, 0.4) is 0 Å². The standard InChI is InChI=1S/2C17H13.C2H6Si.2ClH.Zr/c2*1-3-7-14(8-4-1)16-11-12-17(13-16)15-9-5-2-6-10-15;1-3-2;;;/h2*1-12,16H;1-2H3;2*1H;/q2*-1;;;;+2. The molecule has 0 saturated carbocycles. The molecule has 0 heterocycles. The summed E-state index contributed by atoms with van der Waals surface area (Å²) in [5, 5.41) is 0. The Balaban J connectivity index is 0.000000237. The van der Waals surface area contributed by atoms with Crippen LogP contribution in [-0.4, -0.2) is 5.43 Å². The summed E-state index contributed by atoms with van der Waals surface area (Å²) in [4.78, 5) is 0. The first kappa shape index (κ1) is 33.7. The first-order valence-corrected chi connectivity index (χ1v) is 19.1. The number of allylic oxidation sites excluding steroid dienone is 8. The molecule has 0 spiro atoms. The maximum atomic E-state index is 3.53. The Bertz CT molecular complexity index is 1320. The van der Waals surface area contributed by atoms with Gasteiger partial charge in [0.25, 0.3) is 0 Å². The Kier molecular flexibility index (Phi) is 15.2. The summed E-state index contributed by atoms with van der Waals surface area (Å²) in [6, 6.07) is 41.8. The molecule has 0 radical (unpaired) electrons. The molecule has 4 aromatic carbocycles. The molecule has 0 fully saturated rings. The van der Waals surface area contributed by atoms with Crippen LogP contribution in [-0.2, 0) is 23.3 Å². The summed E-state index contributed by atoms with van der Waals surface area (Å²) in [7, 11) is 0. The van der Waals surface area contributed by atoms with Crippen LogP contribution >= 0.6 is 24.8 Å². The monoisotopic (exact) mass is 654 g/mol. The van der Waals surface area contributed by atoms with Gasteiger partial charge in [0.05, 0.1) is 0 Å². The fourth-order valence-corrected chi connectivity index (χ4v) is 4.22. The largest absolute Gasteiger partial charge is 0.190 e. The Hall–Kier alpha value is -2.48. The van der Waals surface area contributed by atoms with Crippen molar-refractivity contribution < 1.29 is 23.3 Å². The van der Waals surface area contributed by atoms with Crippen molar-refractivity contribution in [3.63, 3.8) is 0 Å². The van der Waals surface area contributed by atoms with Gasteiger partial charge in [-0.1, -0.05) is 108 Å². The molecule has 200 valence electrons. The van der Waals surface area contributed by atoms with Crippen LogP contribution in [0, 0.1) is 12.2 Å². The number of halogens is 2. The summed E-state index contributed by atoms with van der Waals surface area (Å²) in [6.07, 6.45) is 15.8. The van der Waals surface area contributed by atoms with Crippen molar-refractivity contribution in [2.24, 2.45) is 0 Å². The van der Waals surface area contributed by atoms with Gasteiger partial charge in [-0.25, -0.2) is 0 Å². The average Bonchev–Trinajstić information content (AvgIpc) is 3.66. The van der Waals surface area contributed by atoms with Crippen molar-refractivity contribution in [1.29, 1.82) is 0 Å². The third-order valence-electron chi connectivity index (χ3n) is 6.02. The van der Waals surface area contributed by atoms with Crippen LogP contribution in [0.4, 0.5) is 0 Å². The molecule has 2 unspecified atom stereocenters. The Labute approximate surface area is 267 Å². The Morgan fingerprint density at radius 2 is 0.775 bits per heavy atom. The molecular weight excluding hydrogens is 623 g/mol. The van der Waals surface area contributed by atoms with Crippen LogP contribution in [0.15, 0.2) is 146 Å². The first-order chi connectivity index (χ1) is 18.6. The average molecular weight is 657 g/mol. The van der Waals surface area contributed by atoms with Crippen molar-refractivity contribution in [3.8, 4) is 0 Å². The molecule has 0 amide bonds. The minimum Gasteiger partial charge on any atom is -0.190 e. The molecule has 0 saturated heterocycles. The van der Waals surface area contributed by atoms with Gasteiger partial charge in [0.1, 0.15) is 0 Å². The minimum absolute atomic E-state index is 0. The fourth-order valence-electron chi connectivity index (χ4n) is 4.22. The van der Waals surface area contributed by atoms with Gasteiger partial charge in [0, 0.05) is 0 Å². The second-order valence-corrected chi connectivity index (χ2v) is 18.7. The number of benzene rings is 4. The van der Waals surface area contributed by atoms with Gasteiger partial charge in [-0.05, 0) is 11.8 Å². The maximum Gasteiger partial charge on any atom is -0.0392 e. The second-order valence-electron chi connectivity index (χ2n) is 9.34. The van der Waals surface area contributed by atoms with E-state index in [1.165, 1.54) is 33.4 Å². The molecule has 0 aromatic heterocycles. The zero-order chi connectivity index (χ0) is 26.6. The molecule has 0 N–H and O–H groups in total. The zero-order valence-electron chi connectivity index (χ0n) is 22.8. The van der Waals surface area contributed by atoms with Gasteiger partial charge < -0.3 is 0 Å². The second kappa shape index (κ2) is 18.1. The number of hydrogen-bond acceptors (Lipinski definition) is 0. The molecule has 2 aliphatic carbocycles. The molecular formula is C36H34Cl2SiZr. The molecule has 6 rings (SSSR count). The quantitative estimate of drug-likeness (QED) is 0.152. The summed E-state index contributed by atoms with van der Waals surface area (Å²) in [5.74, 6) is 0.595. The molecule has 0 nitrogen and oxygen atoms in total. The molecule has 0 aliphatic heterocycles. The SMILES string of the molecule is C[Si](C)=[Zr+2].Cl.Cl.[C-]1=C(c2ccccc2)C=CC1c1ccccc1.[C-]1=C(c2ccccc2)C=CC1c1ccccc1. The molecule has 2 atom stereocenters. The van der Waals surface area contributed by atoms with Gasteiger partial charge in [0.2, 0.25) is 0 Å². The van der Waals surface area contributed by atoms with E-state index < -0.39 is 0 Å². The Morgan fingerprint density at radius 1 is 0.500 bits per heavy atom.